The van der Waals surface area contributed by atoms with E-state index in [1.54, 1.807) is 0 Å². The van der Waals surface area contributed by atoms with Gasteiger partial charge >= 0.3 is 0 Å². The van der Waals surface area contributed by atoms with Gasteiger partial charge in [0.2, 0.25) is 6.71 Å². The molecule has 0 spiro atoms. The average Bonchev–Trinajstić information content (AvgIpc) is 2.50. The van der Waals surface area contributed by atoms with E-state index < -0.39 is 11.6 Å². The molecule has 3 aromatic carbocycles. The predicted octanol–water partition coefficient (Wildman–Crippen LogP) is 4.33. The van der Waals surface area contributed by atoms with Crippen LogP contribution in [0.1, 0.15) is 33.4 Å². The number of hydrogen-bond donors (Lipinski definition) is 0. The largest absolute Gasteiger partial charge is 0.242 e. The minimum atomic E-state index is -0.542. The first-order valence-corrected chi connectivity index (χ1v) is 9.29. The van der Waals surface area contributed by atoms with Crippen LogP contribution in [0.4, 0.5) is 8.78 Å². The van der Waals surface area contributed by atoms with Crippen LogP contribution in [0.25, 0.3) is 0 Å². The molecule has 3 aromatic rings. The quantitative estimate of drug-likeness (QED) is 0.609. The van der Waals surface area contributed by atoms with Crippen LogP contribution in [0, 0.1) is 53.2 Å². The molecule has 0 bridgehead atoms. The van der Waals surface area contributed by atoms with Crippen molar-refractivity contribution < 1.29 is 8.78 Å². The lowest BCUT2D eigenvalue weighted by atomic mass is 9.34. The molecule has 0 aromatic heterocycles. The van der Waals surface area contributed by atoms with Crippen LogP contribution in [0.3, 0.4) is 0 Å². The fourth-order valence-electron chi connectivity index (χ4n) is 4.51. The maximum absolute atomic E-state index is 14.1. The van der Waals surface area contributed by atoms with Crippen LogP contribution in [-0.4, -0.2) is 6.71 Å². The average molecular weight is 362 g/mol. The standard InChI is InChI=1S/C24H25BF2/c1-14-7-16(3)23(17(4)8-14)25(20-11-21(26)13-22(27)12-20)24-18(5)9-15(2)10-19(24)6/h7-13H,1-6H3. The van der Waals surface area contributed by atoms with Crippen molar-refractivity contribution >= 4 is 23.1 Å². The molecule has 0 heterocycles. The van der Waals surface area contributed by atoms with Gasteiger partial charge in [-0.1, -0.05) is 74.0 Å². The molecule has 0 unspecified atom stereocenters. The van der Waals surface area contributed by atoms with Gasteiger partial charge in [-0.2, -0.15) is 0 Å². The number of hydrogen-bond acceptors (Lipinski definition) is 0. The van der Waals surface area contributed by atoms with Gasteiger partial charge in [0, 0.05) is 6.07 Å². The van der Waals surface area contributed by atoms with E-state index in [9.17, 15) is 8.78 Å². The second-order valence-corrected chi connectivity index (χ2v) is 7.76. The Kier molecular flexibility index (Phi) is 5.23. The van der Waals surface area contributed by atoms with E-state index >= 15 is 0 Å². The van der Waals surface area contributed by atoms with Crippen LogP contribution in [0.15, 0.2) is 42.5 Å². The van der Waals surface area contributed by atoms with Crippen LogP contribution in [-0.2, 0) is 0 Å². The first-order chi connectivity index (χ1) is 12.7. The molecular formula is C24H25BF2. The number of aryl methyl sites for hydroxylation is 6. The van der Waals surface area contributed by atoms with E-state index in [2.05, 4.69) is 65.8 Å². The van der Waals surface area contributed by atoms with E-state index in [4.69, 9.17) is 0 Å². The smallest absolute Gasteiger partial charge is 0.207 e. The van der Waals surface area contributed by atoms with E-state index in [0.717, 1.165) is 39.2 Å². The highest BCUT2D eigenvalue weighted by Crippen LogP contribution is 2.13. The molecule has 0 radical (unpaired) electrons. The van der Waals surface area contributed by atoms with Crippen LogP contribution < -0.4 is 16.4 Å². The Morgan fingerprint density at radius 1 is 0.519 bits per heavy atom. The second kappa shape index (κ2) is 7.30. The van der Waals surface area contributed by atoms with Crippen molar-refractivity contribution in [3.63, 3.8) is 0 Å². The Morgan fingerprint density at radius 3 is 1.19 bits per heavy atom. The summed E-state index contributed by atoms with van der Waals surface area (Å²) >= 11 is 0. The van der Waals surface area contributed by atoms with Crippen LogP contribution >= 0.6 is 0 Å². The molecule has 0 nitrogen and oxygen atoms in total. The molecule has 0 atom stereocenters. The highest BCUT2D eigenvalue weighted by atomic mass is 19.1. The minimum absolute atomic E-state index is 0.212. The zero-order chi connectivity index (χ0) is 19.9. The predicted molar refractivity (Wildman–Crippen MR) is 112 cm³/mol. The molecule has 0 saturated heterocycles. The highest BCUT2D eigenvalue weighted by Gasteiger charge is 2.29. The Morgan fingerprint density at radius 2 is 0.852 bits per heavy atom. The summed E-state index contributed by atoms with van der Waals surface area (Å²) < 4.78 is 28.2. The van der Waals surface area contributed by atoms with Gasteiger partial charge in [-0.3, -0.25) is 0 Å². The van der Waals surface area contributed by atoms with E-state index in [1.807, 2.05) is 0 Å². The van der Waals surface area contributed by atoms with Gasteiger partial charge in [-0.15, -0.1) is 0 Å². The van der Waals surface area contributed by atoms with Crippen molar-refractivity contribution in [3.05, 3.63) is 87.5 Å². The van der Waals surface area contributed by atoms with Gasteiger partial charge in [-0.05, 0) is 53.7 Å². The summed E-state index contributed by atoms with van der Waals surface area (Å²) in [6, 6.07) is 12.4. The Labute approximate surface area is 161 Å². The second-order valence-electron chi connectivity index (χ2n) is 7.76. The molecule has 27 heavy (non-hydrogen) atoms. The maximum Gasteiger partial charge on any atom is 0.242 e. The van der Waals surface area contributed by atoms with Crippen molar-refractivity contribution in [2.24, 2.45) is 0 Å². The van der Waals surface area contributed by atoms with Crippen molar-refractivity contribution in [1.82, 2.24) is 0 Å². The van der Waals surface area contributed by atoms with Crippen LogP contribution in [0.5, 0.6) is 0 Å². The zero-order valence-corrected chi connectivity index (χ0v) is 16.9. The molecule has 0 aliphatic heterocycles. The number of benzene rings is 3. The van der Waals surface area contributed by atoms with Gasteiger partial charge in [-0.25, -0.2) is 8.78 Å². The van der Waals surface area contributed by atoms with E-state index in [1.165, 1.54) is 23.3 Å². The van der Waals surface area contributed by atoms with Gasteiger partial charge in [0.15, 0.2) is 0 Å². The third-order valence-electron chi connectivity index (χ3n) is 5.27. The maximum atomic E-state index is 14.1. The normalized spacial score (nSPS) is 11.0. The molecular weight excluding hydrogens is 337 g/mol. The summed E-state index contributed by atoms with van der Waals surface area (Å²) in [4.78, 5) is 0. The van der Waals surface area contributed by atoms with Gasteiger partial charge < -0.3 is 0 Å². The summed E-state index contributed by atoms with van der Waals surface area (Å²) in [6.45, 7) is 12.3. The van der Waals surface area contributed by atoms with Gasteiger partial charge in [0.05, 0.1) is 0 Å². The summed E-state index contributed by atoms with van der Waals surface area (Å²) in [5.74, 6) is -1.08. The molecule has 0 saturated carbocycles. The molecule has 3 heteroatoms. The summed E-state index contributed by atoms with van der Waals surface area (Å²) in [6.07, 6.45) is 0. The monoisotopic (exact) mass is 362 g/mol. The topological polar surface area (TPSA) is 0 Å². The SMILES string of the molecule is Cc1cc(C)c(B(c2cc(F)cc(F)c2)c2c(C)cc(C)cc2C)c(C)c1. The Balaban J connectivity index is 2.39. The van der Waals surface area contributed by atoms with Crippen LogP contribution in [0.2, 0.25) is 0 Å². The lowest BCUT2D eigenvalue weighted by molar-refractivity contribution is 0.585. The molecule has 0 aliphatic rings. The Bertz CT molecular complexity index is 897. The fourth-order valence-corrected chi connectivity index (χ4v) is 4.51. The third kappa shape index (κ3) is 3.83. The lowest BCUT2D eigenvalue weighted by Crippen LogP contribution is -2.56. The lowest BCUT2D eigenvalue weighted by Gasteiger charge is -2.24. The fraction of sp³-hybridized carbons (Fsp3) is 0.250. The number of rotatable bonds is 3. The Hall–Kier alpha value is -2.42. The summed E-state index contributed by atoms with van der Waals surface area (Å²) in [7, 11) is 0. The zero-order valence-electron chi connectivity index (χ0n) is 16.9. The first kappa shape index (κ1) is 19.3. The number of halogens is 2. The van der Waals surface area contributed by atoms with Crippen molar-refractivity contribution in [1.29, 1.82) is 0 Å². The highest BCUT2D eigenvalue weighted by molar-refractivity contribution is 6.96. The minimum Gasteiger partial charge on any atom is -0.207 e. The van der Waals surface area contributed by atoms with E-state index in [-0.39, 0.29) is 6.71 Å². The van der Waals surface area contributed by atoms with E-state index in [0.29, 0.717) is 5.46 Å². The molecule has 0 fully saturated rings. The van der Waals surface area contributed by atoms with Crippen molar-refractivity contribution in [3.8, 4) is 0 Å². The molecule has 3 rings (SSSR count). The third-order valence-corrected chi connectivity index (χ3v) is 5.27. The molecule has 0 N–H and O–H groups in total. The van der Waals surface area contributed by atoms with Gasteiger partial charge in [0.1, 0.15) is 11.6 Å². The molecule has 0 amide bonds. The summed E-state index contributed by atoms with van der Waals surface area (Å²) in [5.41, 5.74) is 9.84. The van der Waals surface area contributed by atoms with Crippen molar-refractivity contribution in [2.45, 2.75) is 41.5 Å². The first-order valence-electron chi connectivity index (χ1n) is 9.29. The molecule has 0 aliphatic carbocycles. The molecule has 138 valence electrons. The van der Waals surface area contributed by atoms with Gasteiger partial charge in [0.25, 0.3) is 0 Å². The van der Waals surface area contributed by atoms with Crippen molar-refractivity contribution in [2.75, 3.05) is 0 Å². The summed E-state index contributed by atoms with van der Waals surface area (Å²) in [5, 5.41) is 0.